The quantitative estimate of drug-likeness (QED) is 0.151. The summed E-state index contributed by atoms with van der Waals surface area (Å²) < 4.78 is 57.2. The zero-order valence-electron chi connectivity index (χ0n) is 20.7. The van der Waals surface area contributed by atoms with E-state index >= 15 is 0 Å². The molecule has 4 rings (SSSR count). The molecule has 1 N–H and O–H groups in total. The van der Waals surface area contributed by atoms with Gasteiger partial charge >= 0.3 is 19.5 Å². The van der Waals surface area contributed by atoms with E-state index in [2.05, 4.69) is 11.7 Å². The summed E-state index contributed by atoms with van der Waals surface area (Å²) in [5.74, 6) is -3.89. The summed E-state index contributed by atoms with van der Waals surface area (Å²) >= 11 is 1.28. The zero-order chi connectivity index (χ0) is 27.3. The van der Waals surface area contributed by atoms with Crippen LogP contribution in [0.2, 0.25) is 0 Å². The van der Waals surface area contributed by atoms with Crippen LogP contribution in [0.15, 0.2) is 67.3 Å². The van der Waals surface area contributed by atoms with Crippen molar-refractivity contribution in [2.75, 3.05) is 13.2 Å². The number of hydrogen-bond acceptors (Lipinski definition) is 7. The smallest absolute Gasteiger partial charge is 0.348 e. The average molecular weight is 564 g/mol. The highest BCUT2D eigenvalue weighted by molar-refractivity contribution is 7.56. The van der Waals surface area contributed by atoms with Crippen molar-refractivity contribution in [3.8, 4) is 5.75 Å². The van der Waals surface area contributed by atoms with Gasteiger partial charge in [0.15, 0.2) is 0 Å². The molecule has 1 aliphatic carbocycles. The fraction of sp³-hybridized carbons (Fsp3) is 0.333. The number of alkyl halides is 2. The number of benzene rings is 2. The molecule has 0 radical (unpaired) electrons. The maximum absolute atomic E-state index is 14.0. The molecule has 2 atom stereocenters. The van der Waals surface area contributed by atoms with Crippen LogP contribution in [0.5, 0.6) is 5.75 Å². The summed E-state index contributed by atoms with van der Waals surface area (Å²) in [4.78, 5) is 25.2. The second kappa shape index (κ2) is 11.8. The van der Waals surface area contributed by atoms with Crippen LogP contribution >= 0.6 is 18.9 Å². The summed E-state index contributed by atoms with van der Waals surface area (Å²) in [6, 6.07) is 14.6. The highest BCUT2D eigenvalue weighted by Gasteiger charge is 2.45. The SMILES string of the molecule is C=CCOC(=O)c1cc2cc(CP(=O)(NC(C)C(=O)OCC3CC(F)(F)C3)Oc3ccccc3)ccc2s1. The fourth-order valence-corrected chi connectivity index (χ4v) is 7.05. The van der Waals surface area contributed by atoms with E-state index in [9.17, 15) is 22.9 Å². The van der Waals surface area contributed by atoms with Crippen LogP contribution in [-0.4, -0.2) is 37.1 Å². The lowest BCUT2D eigenvalue weighted by Gasteiger charge is -2.34. The molecule has 0 saturated heterocycles. The van der Waals surface area contributed by atoms with Crippen molar-refractivity contribution in [1.82, 2.24) is 5.09 Å². The predicted octanol–water partition coefficient (Wildman–Crippen LogP) is 6.58. The van der Waals surface area contributed by atoms with Gasteiger partial charge in [-0.2, -0.15) is 0 Å². The van der Waals surface area contributed by atoms with Crippen LogP contribution in [0, 0.1) is 5.92 Å². The molecule has 1 heterocycles. The number of rotatable bonds is 12. The third kappa shape index (κ3) is 7.28. The van der Waals surface area contributed by atoms with Crippen LogP contribution in [0.4, 0.5) is 8.78 Å². The molecule has 3 aromatic rings. The summed E-state index contributed by atoms with van der Waals surface area (Å²) in [7, 11) is -3.71. The molecule has 11 heteroatoms. The molecule has 0 aliphatic heterocycles. The van der Waals surface area contributed by atoms with Crippen LogP contribution in [0.25, 0.3) is 10.1 Å². The Hall–Kier alpha value is -3.07. The Morgan fingerprint density at radius 2 is 1.92 bits per heavy atom. The topological polar surface area (TPSA) is 90.9 Å². The van der Waals surface area contributed by atoms with Gasteiger partial charge in [-0.05, 0) is 48.2 Å². The van der Waals surface area contributed by atoms with Gasteiger partial charge in [-0.15, -0.1) is 11.3 Å². The van der Waals surface area contributed by atoms with Crippen molar-refractivity contribution in [1.29, 1.82) is 0 Å². The Bertz CT molecular complexity index is 1350. The Labute approximate surface area is 223 Å². The Morgan fingerprint density at radius 1 is 1.18 bits per heavy atom. The van der Waals surface area contributed by atoms with E-state index in [1.54, 1.807) is 48.5 Å². The second-order valence-corrected chi connectivity index (χ2v) is 12.4. The van der Waals surface area contributed by atoms with Gasteiger partial charge < -0.3 is 14.0 Å². The third-order valence-electron chi connectivity index (χ3n) is 5.88. The standard InChI is InChI=1S/C27H28F2NO6PS/c1-3-11-34-26(32)24-13-21-12-19(9-10-23(21)38-24)17-37(33,36-22-7-5-4-6-8-22)30-18(2)25(31)35-16-20-14-27(28,29)15-20/h3-10,12-13,18,20H,1,11,14-17H2,2H3,(H,30,33). The van der Waals surface area contributed by atoms with E-state index in [0.29, 0.717) is 16.2 Å². The van der Waals surface area contributed by atoms with E-state index in [0.717, 1.165) is 10.1 Å². The molecule has 2 aromatic carbocycles. The number of esters is 2. The average Bonchev–Trinajstić information content (AvgIpc) is 3.28. The first-order valence-electron chi connectivity index (χ1n) is 12.0. The second-order valence-electron chi connectivity index (χ2n) is 9.22. The van der Waals surface area contributed by atoms with Crippen molar-refractivity contribution in [2.24, 2.45) is 5.92 Å². The summed E-state index contributed by atoms with van der Waals surface area (Å²) in [6.07, 6.45) is 0.812. The van der Waals surface area contributed by atoms with Crippen molar-refractivity contribution < 1.29 is 36.9 Å². The molecule has 0 bridgehead atoms. The summed E-state index contributed by atoms with van der Waals surface area (Å²) in [6.45, 7) is 5.01. The predicted molar refractivity (Wildman–Crippen MR) is 142 cm³/mol. The van der Waals surface area contributed by atoms with Crippen molar-refractivity contribution >= 4 is 40.9 Å². The van der Waals surface area contributed by atoms with Gasteiger partial charge in [0.1, 0.15) is 23.3 Å². The van der Waals surface area contributed by atoms with E-state index < -0.39 is 31.4 Å². The van der Waals surface area contributed by atoms with Crippen molar-refractivity contribution in [3.63, 3.8) is 0 Å². The number of hydrogen-bond donors (Lipinski definition) is 1. The molecule has 1 aromatic heterocycles. The van der Waals surface area contributed by atoms with Gasteiger partial charge in [-0.25, -0.2) is 18.7 Å². The van der Waals surface area contributed by atoms with Crippen molar-refractivity contribution in [2.45, 2.75) is 37.9 Å². The van der Waals surface area contributed by atoms with Gasteiger partial charge in [-0.1, -0.05) is 36.9 Å². The Balaban J connectivity index is 1.48. The van der Waals surface area contributed by atoms with Crippen LogP contribution in [0.3, 0.4) is 0 Å². The van der Waals surface area contributed by atoms with Gasteiger partial charge in [0.05, 0.1) is 12.8 Å². The van der Waals surface area contributed by atoms with Gasteiger partial charge in [0, 0.05) is 23.5 Å². The lowest BCUT2D eigenvalue weighted by Crippen LogP contribution is -2.40. The molecule has 1 aliphatic rings. The summed E-state index contributed by atoms with van der Waals surface area (Å²) in [5, 5.41) is 3.56. The zero-order valence-corrected chi connectivity index (χ0v) is 22.4. The van der Waals surface area contributed by atoms with Gasteiger partial charge in [-0.3, -0.25) is 9.36 Å². The number of nitrogens with one attached hydrogen (secondary N) is 1. The Morgan fingerprint density at radius 3 is 2.61 bits per heavy atom. The molecule has 1 fully saturated rings. The lowest BCUT2D eigenvalue weighted by atomic mass is 9.82. The molecule has 2 unspecified atom stereocenters. The minimum Gasteiger partial charge on any atom is -0.464 e. The molecular weight excluding hydrogens is 535 g/mol. The minimum absolute atomic E-state index is 0.0591. The summed E-state index contributed by atoms with van der Waals surface area (Å²) in [5.41, 5.74) is 0.658. The molecule has 0 spiro atoms. The van der Waals surface area contributed by atoms with Crippen LogP contribution in [-0.2, 0) is 25.0 Å². The Kier molecular flexibility index (Phi) is 8.65. The normalized spacial score (nSPS) is 17.1. The van der Waals surface area contributed by atoms with E-state index in [1.165, 1.54) is 24.3 Å². The van der Waals surface area contributed by atoms with E-state index in [4.69, 9.17) is 14.0 Å². The monoisotopic (exact) mass is 563 g/mol. The first-order valence-corrected chi connectivity index (χ1v) is 14.6. The maximum atomic E-state index is 14.0. The maximum Gasteiger partial charge on any atom is 0.348 e. The number of carbonyl (C=O) groups excluding carboxylic acids is 2. The lowest BCUT2D eigenvalue weighted by molar-refractivity contribution is -0.158. The number of ether oxygens (including phenoxy) is 2. The van der Waals surface area contributed by atoms with Crippen LogP contribution < -0.4 is 9.61 Å². The third-order valence-corrected chi connectivity index (χ3v) is 9.04. The molecule has 0 amide bonds. The fourth-order valence-electron chi connectivity index (χ4n) is 4.07. The minimum atomic E-state index is -3.71. The molecular formula is C27H28F2NO6PS. The number of fused-ring (bicyclic) bond motifs is 1. The molecule has 1 saturated carbocycles. The van der Waals surface area contributed by atoms with E-state index in [1.807, 2.05) is 6.07 Å². The molecule has 38 heavy (non-hydrogen) atoms. The number of halogens is 2. The number of carbonyl (C=O) groups is 2. The highest BCUT2D eigenvalue weighted by Crippen LogP contribution is 2.48. The van der Waals surface area contributed by atoms with E-state index in [-0.39, 0.29) is 38.1 Å². The first-order chi connectivity index (χ1) is 18.1. The molecule has 7 nitrogen and oxygen atoms in total. The highest BCUT2D eigenvalue weighted by atomic mass is 32.1. The number of para-hydroxylation sites is 1. The van der Waals surface area contributed by atoms with Crippen molar-refractivity contribution in [3.05, 3.63) is 77.7 Å². The van der Waals surface area contributed by atoms with Crippen LogP contribution in [0.1, 0.15) is 35.0 Å². The number of thiophene rings is 1. The first kappa shape index (κ1) is 28.0. The largest absolute Gasteiger partial charge is 0.464 e. The van der Waals surface area contributed by atoms with Gasteiger partial charge in [0.2, 0.25) is 5.92 Å². The van der Waals surface area contributed by atoms with Gasteiger partial charge in [0.25, 0.3) is 0 Å². The molecule has 202 valence electrons.